The van der Waals surface area contributed by atoms with E-state index in [1.54, 1.807) is 16.8 Å². The molecule has 146 valence electrons. The molecule has 3 rings (SSSR count). The molecule has 27 heavy (non-hydrogen) atoms. The summed E-state index contributed by atoms with van der Waals surface area (Å²) in [6, 6.07) is 9.11. The monoisotopic (exact) mass is 373 g/mol. The summed E-state index contributed by atoms with van der Waals surface area (Å²) in [4.78, 5) is 41.7. The molecule has 2 aliphatic heterocycles. The van der Waals surface area contributed by atoms with Crippen LogP contribution in [0.5, 0.6) is 0 Å². The van der Waals surface area contributed by atoms with Crippen LogP contribution in [0, 0.1) is 5.92 Å². The number of amides is 3. The molecule has 0 unspecified atom stereocenters. The first-order valence-electron chi connectivity index (χ1n) is 9.54. The Labute approximate surface area is 159 Å². The molecule has 2 heterocycles. The van der Waals surface area contributed by atoms with E-state index in [4.69, 9.17) is 0 Å². The summed E-state index contributed by atoms with van der Waals surface area (Å²) in [6.45, 7) is 2.13. The summed E-state index contributed by atoms with van der Waals surface area (Å²) in [7, 11) is 1.79. The van der Waals surface area contributed by atoms with Gasteiger partial charge in [-0.3, -0.25) is 4.79 Å². The van der Waals surface area contributed by atoms with Crippen LogP contribution in [-0.2, 0) is 16.1 Å². The molecule has 0 aliphatic carbocycles. The smallest absolute Gasteiger partial charge is 0.326 e. The van der Waals surface area contributed by atoms with E-state index in [-0.39, 0.29) is 17.9 Å². The zero-order valence-electron chi connectivity index (χ0n) is 15.7. The second kappa shape index (κ2) is 8.41. The van der Waals surface area contributed by atoms with E-state index >= 15 is 0 Å². The molecule has 1 atom stereocenters. The van der Waals surface area contributed by atoms with Crippen LogP contribution in [0.2, 0.25) is 0 Å². The maximum atomic E-state index is 12.7. The van der Waals surface area contributed by atoms with E-state index < -0.39 is 12.0 Å². The zero-order valence-corrected chi connectivity index (χ0v) is 15.7. The molecular formula is C20H27N3O4. The Morgan fingerprint density at radius 1 is 1.07 bits per heavy atom. The van der Waals surface area contributed by atoms with Gasteiger partial charge in [-0.1, -0.05) is 30.3 Å². The highest BCUT2D eigenvalue weighted by atomic mass is 16.4. The van der Waals surface area contributed by atoms with Crippen LogP contribution in [0.3, 0.4) is 0 Å². The molecule has 0 bridgehead atoms. The number of carbonyl (C=O) groups excluding carboxylic acids is 2. The molecule has 2 aliphatic rings. The minimum atomic E-state index is -0.920. The van der Waals surface area contributed by atoms with Gasteiger partial charge in [0.25, 0.3) is 0 Å². The highest BCUT2D eigenvalue weighted by molar-refractivity contribution is 5.86. The highest BCUT2D eigenvalue weighted by Crippen LogP contribution is 2.26. The van der Waals surface area contributed by atoms with E-state index in [0.29, 0.717) is 45.4 Å². The van der Waals surface area contributed by atoms with Gasteiger partial charge in [-0.15, -0.1) is 0 Å². The van der Waals surface area contributed by atoms with Crippen LogP contribution in [0.4, 0.5) is 4.79 Å². The molecule has 3 amide bonds. The third-order valence-corrected chi connectivity index (χ3v) is 5.52. The van der Waals surface area contributed by atoms with Crippen molar-refractivity contribution in [3.05, 3.63) is 35.9 Å². The number of nitrogens with zero attached hydrogens (tertiary/aromatic N) is 3. The fourth-order valence-corrected chi connectivity index (χ4v) is 4.01. The van der Waals surface area contributed by atoms with Gasteiger partial charge >= 0.3 is 12.0 Å². The molecule has 1 N–H and O–H groups in total. The van der Waals surface area contributed by atoms with Gasteiger partial charge in [0.15, 0.2) is 0 Å². The van der Waals surface area contributed by atoms with Crippen LogP contribution >= 0.6 is 0 Å². The number of hydrogen-bond acceptors (Lipinski definition) is 3. The van der Waals surface area contributed by atoms with Gasteiger partial charge in [0.05, 0.1) is 0 Å². The first-order valence-corrected chi connectivity index (χ1v) is 9.54. The van der Waals surface area contributed by atoms with E-state index in [2.05, 4.69) is 0 Å². The van der Waals surface area contributed by atoms with Gasteiger partial charge < -0.3 is 19.8 Å². The topological polar surface area (TPSA) is 81.2 Å². The number of rotatable bonds is 4. The summed E-state index contributed by atoms with van der Waals surface area (Å²) in [5.74, 6) is -1.17. The predicted octanol–water partition coefficient (Wildman–Crippen LogP) is 2.03. The fourth-order valence-electron chi connectivity index (χ4n) is 4.01. The molecule has 0 saturated carbocycles. The second-order valence-corrected chi connectivity index (χ2v) is 7.41. The lowest BCUT2D eigenvalue weighted by Crippen LogP contribution is -2.49. The lowest BCUT2D eigenvalue weighted by molar-refractivity contribution is -0.150. The van der Waals surface area contributed by atoms with Gasteiger partial charge in [0.2, 0.25) is 5.91 Å². The van der Waals surface area contributed by atoms with Crippen molar-refractivity contribution in [1.29, 1.82) is 0 Å². The number of hydrogen-bond donors (Lipinski definition) is 1. The number of carbonyl (C=O) groups is 3. The van der Waals surface area contributed by atoms with Crippen molar-refractivity contribution in [2.45, 2.75) is 38.3 Å². The number of aliphatic carboxylic acids is 1. The first kappa shape index (κ1) is 19.2. The van der Waals surface area contributed by atoms with Crippen LogP contribution in [0.1, 0.15) is 31.2 Å². The quantitative estimate of drug-likeness (QED) is 0.876. The first-order chi connectivity index (χ1) is 13.0. The van der Waals surface area contributed by atoms with Crippen molar-refractivity contribution in [3.8, 4) is 0 Å². The van der Waals surface area contributed by atoms with Gasteiger partial charge in [0, 0.05) is 39.1 Å². The maximum Gasteiger partial charge on any atom is 0.326 e. The van der Waals surface area contributed by atoms with Crippen LogP contribution in [0.25, 0.3) is 0 Å². The zero-order chi connectivity index (χ0) is 19.4. The number of carboxylic acids is 1. The second-order valence-electron chi connectivity index (χ2n) is 7.41. The Hall–Kier alpha value is -2.57. The minimum Gasteiger partial charge on any atom is -0.480 e. The summed E-state index contributed by atoms with van der Waals surface area (Å²) in [6.07, 6.45) is 2.45. The van der Waals surface area contributed by atoms with Crippen molar-refractivity contribution in [2.24, 2.45) is 5.92 Å². The van der Waals surface area contributed by atoms with Crippen LogP contribution < -0.4 is 0 Å². The van der Waals surface area contributed by atoms with E-state index in [9.17, 15) is 19.5 Å². The number of urea groups is 1. The fraction of sp³-hybridized carbons (Fsp3) is 0.550. The summed E-state index contributed by atoms with van der Waals surface area (Å²) >= 11 is 0. The number of piperidine rings is 1. The molecule has 0 aromatic heterocycles. The Bertz CT molecular complexity index is 686. The highest BCUT2D eigenvalue weighted by Gasteiger charge is 2.38. The molecule has 2 saturated heterocycles. The Morgan fingerprint density at radius 2 is 1.74 bits per heavy atom. The van der Waals surface area contributed by atoms with E-state index in [0.717, 1.165) is 12.0 Å². The molecule has 0 spiro atoms. The predicted molar refractivity (Wildman–Crippen MR) is 100.0 cm³/mol. The summed E-state index contributed by atoms with van der Waals surface area (Å²) in [5, 5.41) is 9.28. The molecule has 0 radical (unpaired) electrons. The number of benzene rings is 1. The van der Waals surface area contributed by atoms with Crippen molar-refractivity contribution in [3.63, 3.8) is 0 Å². The van der Waals surface area contributed by atoms with Crippen LogP contribution in [0.15, 0.2) is 30.3 Å². The normalized spacial score (nSPS) is 20.6. The molecule has 7 heteroatoms. The van der Waals surface area contributed by atoms with E-state index in [1.165, 1.54) is 4.90 Å². The number of likely N-dealkylation sites (tertiary alicyclic amines) is 2. The lowest BCUT2D eigenvalue weighted by Gasteiger charge is -2.36. The van der Waals surface area contributed by atoms with Crippen molar-refractivity contribution in [2.75, 3.05) is 26.7 Å². The molecular weight excluding hydrogens is 346 g/mol. The Kier molecular flexibility index (Phi) is 5.98. The largest absolute Gasteiger partial charge is 0.480 e. The minimum absolute atomic E-state index is 0.0330. The lowest BCUT2D eigenvalue weighted by atomic mass is 9.95. The van der Waals surface area contributed by atoms with E-state index in [1.807, 2.05) is 30.3 Å². The van der Waals surface area contributed by atoms with Gasteiger partial charge in [-0.25, -0.2) is 9.59 Å². The maximum absolute atomic E-state index is 12.7. The van der Waals surface area contributed by atoms with Crippen molar-refractivity contribution >= 4 is 17.9 Å². The molecule has 7 nitrogen and oxygen atoms in total. The Morgan fingerprint density at radius 3 is 2.37 bits per heavy atom. The molecule has 1 aromatic carbocycles. The summed E-state index contributed by atoms with van der Waals surface area (Å²) in [5.41, 5.74) is 1.08. The average molecular weight is 373 g/mol. The average Bonchev–Trinajstić information content (AvgIpc) is 3.18. The summed E-state index contributed by atoms with van der Waals surface area (Å²) < 4.78 is 0. The molecule has 2 fully saturated rings. The van der Waals surface area contributed by atoms with Gasteiger partial charge in [-0.05, 0) is 31.2 Å². The SMILES string of the molecule is CN(Cc1ccccc1)C(=O)N1CCC(C(=O)N2CCC[C@@H]2C(=O)O)CC1. The van der Waals surface area contributed by atoms with Gasteiger partial charge in [0.1, 0.15) is 6.04 Å². The Balaban J connectivity index is 1.51. The third kappa shape index (κ3) is 4.40. The number of carboxylic acid groups (broad SMARTS) is 1. The molecule has 1 aromatic rings. The van der Waals surface area contributed by atoms with Gasteiger partial charge in [-0.2, -0.15) is 0 Å². The van der Waals surface area contributed by atoms with Crippen molar-refractivity contribution in [1.82, 2.24) is 14.7 Å². The standard InChI is InChI=1S/C20H27N3O4/c1-21(14-15-6-3-2-4-7-15)20(27)22-12-9-16(10-13-22)18(24)23-11-5-8-17(23)19(25)26/h2-4,6-7,16-17H,5,8-14H2,1H3,(H,25,26)/t17-/m1/s1. The van der Waals surface area contributed by atoms with Crippen LogP contribution in [-0.4, -0.2) is 70.4 Å². The third-order valence-electron chi connectivity index (χ3n) is 5.52. The van der Waals surface area contributed by atoms with Crippen molar-refractivity contribution < 1.29 is 19.5 Å².